The number of anilines is 2. The van der Waals surface area contributed by atoms with Crippen LogP contribution < -0.4 is 9.73 Å². The number of hydrazine groups is 1. The summed E-state index contributed by atoms with van der Waals surface area (Å²) in [5, 5.41) is 18.2. The largest absolute Gasteiger partial charge is 0.480 e. The van der Waals surface area contributed by atoms with Crippen LogP contribution in [0, 0.1) is 0 Å². The molecule has 11 heteroatoms. The first kappa shape index (κ1) is 28.0. The predicted molar refractivity (Wildman–Crippen MR) is 151 cm³/mol. The van der Waals surface area contributed by atoms with Crippen LogP contribution in [-0.2, 0) is 21.2 Å². The lowest BCUT2D eigenvalue weighted by atomic mass is 9.89. The summed E-state index contributed by atoms with van der Waals surface area (Å²) >= 11 is 1.61. The van der Waals surface area contributed by atoms with Gasteiger partial charge in [0.1, 0.15) is 6.04 Å². The van der Waals surface area contributed by atoms with Crippen molar-refractivity contribution in [3.05, 3.63) is 77.5 Å². The highest BCUT2D eigenvalue weighted by Crippen LogP contribution is 2.33. The fourth-order valence-electron chi connectivity index (χ4n) is 4.85. The number of nitrogens with one attached hydrogen (secondary N) is 1. The lowest BCUT2D eigenvalue weighted by Gasteiger charge is -2.42. The molecule has 2 N–H and O–H groups in total. The SMILES string of the molecule is CSCC[C@@H](C(=O)O)N(c1cc(Cc2ccccc2)no1)N1CCC(c2cccc(NS(C)(=O)=O)c2)CC1. The summed E-state index contributed by atoms with van der Waals surface area (Å²) in [7, 11) is -3.36. The van der Waals surface area contributed by atoms with E-state index in [1.165, 1.54) is 0 Å². The van der Waals surface area contributed by atoms with Crippen molar-refractivity contribution >= 4 is 39.3 Å². The number of sulfonamides is 1. The number of piperidine rings is 1. The van der Waals surface area contributed by atoms with Crippen molar-refractivity contribution in [1.82, 2.24) is 10.2 Å². The van der Waals surface area contributed by atoms with Crippen LogP contribution in [0.1, 0.15) is 42.0 Å². The molecule has 2 aromatic carbocycles. The van der Waals surface area contributed by atoms with E-state index < -0.39 is 22.0 Å². The molecule has 1 aliphatic heterocycles. The van der Waals surface area contributed by atoms with E-state index in [1.807, 2.05) is 60.9 Å². The van der Waals surface area contributed by atoms with Gasteiger partial charge < -0.3 is 9.63 Å². The number of thioether (sulfide) groups is 1. The van der Waals surface area contributed by atoms with Crippen LogP contribution in [0.4, 0.5) is 11.6 Å². The Morgan fingerprint density at radius 1 is 1.18 bits per heavy atom. The smallest absolute Gasteiger partial charge is 0.328 e. The number of nitrogens with zero attached hydrogens (tertiary/aromatic N) is 3. The quantitative estimate of drug-likeness (QED) is 0.333. The molecule has 204 valence electrons. The minimum Gasteiger partial charge on any atom is -0.480 e. The van der Waals surface area contributed by atoms with Gasteiger partial charge in [0, 0.05) is 31.3 Å². The van der Waals surface area contributed by atoms with Crippen molar-refractivity contribution in [3.8, 4) is 0 Å². The van der Waals surface area contributed by atoms with Gasteiger partial charge in [0.25, 0.3) is 0 Å². The highest BCUT2D eigenvalue weighted by molar-refractivity contribution is 7.98. The summed E-state index contributed by atoms with van der Waals surface area (Å²) in [5.74, 6) is 0.464. The van der Waals surface area contributed by atoms with Gasteiger partial charge in [-0.2, -0.15) is 11.8 Å². The normalized spacial score (nSPS) is 15.7. The van der Waals surface area contributed by atoms with Crippen LogP contribution in [0.25, 0.3) is 0 Å². The summed E-state index contributed by atoms with van der Waals surface area (Å²) in [5.41, 5.74) is 3.45. The first-order valence-corrected chi connectivity index (χ1v) is 15.8. The van der Waals surface area contributed by atoms with E-state index in [-0.39, 0.29) is 5.92 Å². The Balaban J connectivity index is 1.53. The molecule has 38 heavy (non-hydrogen) atoms. The standard InChI is InChI=1S/C27H34N4O5S2/c1-37-16-13-25(27(32)33)31(26-19-24(28-36-26)17-20-7-4-3-5-8-20)30-14-11-21(12-15-30)22-9-6-10-23(18-22)29-38(2,34)35/h3-10,18-19,21,25,29H,11-17H2,1-2H3,(H,32,33)/t25-/m0/s1. The Morgan fingerprint density at radius 2 is 1.92 bits per heavy atom. The van der Waals surface area contributed by atoms with Crippen LogP contribution in [0.15, 0.2) is 65.2 Å². The van der Waals surface area contributed by atoms with Gasteiger partial charge in [-0.05, 0) is 60.4 Å². The molecule has 3 aromatic rings. The van der Waals surface area contributed by atoms with E-state index in [9.17, 15) is 18.3 Å². The van der Waals surface area contributed by atoms with Crippen LogP contribution in [0.3, 0.4) is 0 Å². The Kier molecular flexibility index (Phi) is 9.35. The van der Waals surface area contributed by atoms with Crippen molar-refractivity contribution in [2.45, 2.75) is 37.6 Å². The number of hydrogen-bond donors (Lipinski definition) is 2. The highest BCUT2D eigenvalue weighted by atomic mass is 32.2. The van der Waals surface area contributed by atoms with Gasteiger partial charge in [-0.3, -0.25) is 9.73 Å². The summed E-state index contributed by atoms with van der Waals surface area (Å²) in [6.07, 6.45) is 5.74. The maximum atomic E-state index is 12.4. The second-order valence-corrected chi connectivity index (χ2v) is 12.3. The first-order valence-electron chi connectivity index (χ1n) is 12.6. The number of carbonyl (C=O) groups is 1. The van der Waals surface area contributed by atoms with Crippen molar-refractivity contribution in [2.24, 2.45) is 0 Å². The number of carboxylic acid groups (broad SMARTS) is 1. The Hall–Kier alpha value is -3.02. The summed E-state index contributed by atoms with van der Waals surface area (Å²) < 4.78 is 31.6. The molecule has 0 unspecified atom stereocenters. The minimum absolute atomic E-state index is 0.229. The summed E-state index contributed by atoms with van der Waals surface area (Å²) in [6.45, 7) is 1.26. The molecular weight excluding hydrogens is 524 g/mol. The average molecular weight is 559 g/mol. The third-order valence-electron chi connectivity index (χ3n) is 6.61. The molecule has 0 spiro atoms. The highest BCUT2D eigenvalue weighted by Gasteiger charge is 2.35. The van der Waals surface area contributed by atoms with E-state index in [1.54, 1.807) is 22.8 Å². The molecule has 0 amide bonds. The molecule has 1 atom stereocenters. The van der Waals surface area contributed by atoms with Gasteiger partial charge in [-0.25, -0.2) is 18.2 Å². The van der Waals surface area contributed by atoms with E-state index >= 15 is 0 Å². The third kappa shape index (κ3) is 7.52. The number of benzene rings is 2. The second kappa shape index (κ2) is 12.7. The van der Waals surface area contributed by atoms with Crippen molar-refractivity contribution in [2.75, 3.05) is 41.1 Å². The molecule has 4 rings (SSSR count). The zero-order valence-corrected chi connectivity index (χ0v) is 23.2. The number of hydrogen-bond acceptors (Lipinski definition) is 8. The Bertz CT molecular complexity index is 1310. The van der Waals surface area contributed by atoms with Crippen LogP contribution >= 0.6 is 11.8 Å². The topological polar surface area (TPSA) is 116 Å². The molecule has 0 bridgehead atoms. The number of aromatic nitrogens is 1. The molecule has 0 radical (unpaired) electrons. The maximum absolute atomic E-state index is 12.4. The van der Waals surface area contributed by atoms with Gasteiger partial charge in [0.05, 0.1) is 11.9 Å². The predicted octanol–water partition coefficient (Wildman–Crippen LogP) is 4.44. The molecule has 2 heterocycles. The molecule has 1 aromatic heterocycles. The van der Waals surface area contributed by atoms with Gasteiger partial charge in [-0.1, -0.05) is 47.6 Å². The second-order valence-electron chi connectivity index (χ2n) is 9.53. The van der Waals surface area contributed by atoms with Crippen molar-refractivity contribution in [3.63, 3.8) is 0 Å². The van der Waals surface area contributed by atoms with Crippen LogP contribution in [0.2, 0.25) is 0 Å². The molecule has 1 aliphatic rings. The Morgan fingerprint density at radius 3 is 2.58 bits per heavy atom. The molecule has 0 saturated carbocycles. The number of aliphatic carboxylic acids is 1. The molecule has 1 saturated heterocycles. The van der Waals surface area contributed by atoms with Gasteiger partial charge in [0.2, 0.25) is 15.9 Å². The van der Waals surface area contributed by atoms with E-state index in [2.05, 4.69) is 14.9 Å². The number of rotatable bonds is 12. The Labute approximate surface area is 228 Å². The van der Waals surface area contributed by atoms with E-state index in [0.29, 0.717) is 43.3 Å². The molecule has 0 aliphatic carbocycles. The van der Waals surface area contributed by atoms with Gasteiger partial charge >= 0.3 is 5.97 Å². The van der Waals surface area contributed by atoms with Gasteiger partial charge in [-0.15, -0.1) is 0 Å². The van der Waals surface area contributed by atoms with E-state index in [4.69, 9.17) is 4.52 Å². The van der Waals surface area contributed by atoms with Gasteiger partial charge in [0.15, 0.2) is 0 Å². The third-order valence-corrected chi connectivity index (χ3v) is 7.86. The van der Waals surface area contributed by atoms with Crippen LogP contribution in [-0.4, -0.2) is 67.1 Å². The summed E-state index contributed by atoms with van der Waals surface area (Å²) in [4.78, 5) is 12.4. The van der Waals surface area contributed by atoms with Crippen molar-refractivity contribution in [1.29, 1.82) is 0 Å². The molecular formula is C27H34N4O5S2. The maximum Gasteiger partial charge on any atom is 0.328 e. The molecule has 1 fully saturated rings. The fraction of sp³-hybridized carbons (Fsp3) is 0.407. The zero-order valence-electron chi connectivity index (χ0n) is 21.6. The monoisotopic (exact) mass is 558 g/mol. The fourth-order valence-corrected chi connectivity index (χ4v) is 5.87. The first-order chi connectivity index (χ1) is 18.2. The lowest BCUT2D eigenvalue weighted by Crippen LogP contribution is -2.55. The minimum atomic E-state index is -3.36. The van der Waals surface area contributed by atoms with Crippen molar-refractivity contribution < 1.29 is 22.8 Å². The average Bonchev–Trinajstić information content (AvgIpc) is 3.34. The zero-order chi connectivity index (χ0) is 27.1. The molecule has 9 nitrogen and oxygen atoms in total. The van der Waals surface area contributed by atoms with E-state index in [0.717, 1.165) is 35.9 Å². The number of carboxylic acids is 1. The van der Waals surface area contributed by atoms with Crippen LogP contribution in [0.5, 0.6) is 0 Å². The summed E-state index contributed by atoms with van der Waals surface area (Å²) in [6, 6.07) is 18.5. The lowest BCUT2D eigenvalue weighted by molar-refractivity contribution is -0.139.